The van der Waals surface area contributed by atoms with Gasteiger partial charge in [-0.15, -0.1) is 0 Å². The second-order valence-electron chi connectivity index (χ2n) is 5.77. The van der Waals surface area contributed by atoms with Crippen molar-refractivity contribution in [3.63, 3.8) is 0 Å². The predicted molar refractivity (Wildman–Crippen MR) is 80.8 cm³/mol. The second kappa shape index (κ2) is 5.51. The zero-order valence-corrected chi connectivity index (χ0v) is 12.0. The van der Waals surface area contributed by atoms with Crippen molar-refractivity contribution in [1.29, 1.82) is 0 Å². The number of quaternary nitrogens is 1. The lowest BCUT2D eigenvalue weighted by atomic mass is 9.91. The van der Waals surface area contributed by atoms with Gasteiger partial charge in [-0.05, 0) is 31.6 Å². The number of amides is 1. The average molecular weight is 272 g/mol. The summed E-state index contributed by atoms with van der Waals surface area (Å²) >= 11 is 0. The van der Waals surface area contributed by atoms with Crippen LogP contribution in [0.15, 0.2) is 42.6 Å². The fraction of sp³-hybridized carbons (Fsp3) is 0.312. The fourth-order valence-corrected chi connectivity index (χ4v) is 2.11. The number of H-pyrrole nitrogens is 1. The Morgan fingerprint density at radius 2 is 2.15 bits per heavy atom. The van der Waals surface area contributed by atoms with Crippen molar-refractivity contribution in [2.45, 2.75) is 26.3 Å². The highest BCUT2D eigenvalue weighted by atomic mass is 16.1. The molecule has 2 rings (SSSR count). The van der Waals surface area contributed by atoms with E-state index in [4.69, 9.17) is 5.73 Å². The molecule has 0 aliphatic rings. The van der Waals surface area contributed by atoms with Gasteiger partial charge < -0.3 is 16.5 Å². The van der Waals surface area contributed by atoms with Crippen LogP contribution in [0.25, 0.3) is 10.9 Å². The fourth-order valence-electron chi connectivity index (χ4n) is 2.11. The Bertz CT molecular complexity index is 640. The number of fused-ring (bicyclic) bond motifs is 1. The number of nitrogens with one attached hydrogen (secondary N) is 1. The molecular formula is C16H22N3O+. The number of carbonyl (C=O) groups excluding carboxylic acids is 1. The average Bonchev–Trinajstić information content (AvgIpc) is 2.80. The molecule has 1 heterocycles. The molecular weight excluding hydrogens is 250 g/mol. The molecule has 1 atom stereocenters. The van der Waals surface area contributed by atoms with Crippen molar-refractivity contribution >= 4 is 16.8 Å². The normalized spacial score (nSPS) is 13.9. The van der Waals surface area contributed by atoms with Gasteiger partial charge in [0.2, 0.25) is 5.91 Å². The highest BCUT2D eigenvalue weighted by Gasteiger charge is 2.21. The first kappa shape index (κ1) is 14.3. The van der Waals surface area contributed by atoms with Crippen molar-refractivity contribution in [3.05, 3.63) is 48.2 Å². The standard InChI is InChI=1S/C16H21N3O/c1-16(2,15(18)20)8-7-12(17)9-11-10-19-14-6-4-3-5-13(11)14/h3-8,10,12,19H,9,17H2,1-2H3,(H2,18,20)/p+1/b8-7+/t12-/m0/s1. The molecule has 0 saturated heterocycles. The molecule has 0 radical (unpaired) electrons. The molecule has 6 N–H and O–H groups in total. The number of hydrogen-bond donors (Lipinski definition) is 3. The van der Waals surface area contributed by atoms with E-state index in [1.54, 1.807) is 0 Å². The van der Waals surface area contributed by atoms with Crippen LogP contribution in [0.1, 0.15) is 19.4 Å². The summed E-state index contributed by atoms with van der Waals surface area (Å²) in [5.41, 5.74) is 11.2. The maximum absolute atomic E-state index is 11.3. The van der Waals surface area contributed by atoms with E-state index in [0.717, 1.165) is 11.9 Å². The highest BCUT2D eigenvalue weighted by molar-refractivity contribution is 5.83. The summed E-state index contributed by atoms with van der Waals surface area (Å²) in [7, 11) is 0. The van der Waals surface area contributed by atoms with Gasteiger partial charge in [-0.3, -0.25) is 4.79 Å². The summed E-state index contributed by atoms with van der Waals surface area (Å²) in [6, 6.07) is 8.31. The molecule has 2 aromatic rings. The molecule has 20 heavy (non-hydrogen) atoms. The molecule has 1 aromatic heterocycles. The number of para-hydroxylation sites is 1. The third-order valence-corrected chi connectivity index (χ3v) is 3.58. The summed E-state index contributed by atoms with van der Waals surface area (Å²) < 4.78 is 0. The van der Waals surface area contributed by atoms with Gasteiger partial charge in [0.25, 0.3) is 0 Å². The van der Waals surface area contributed by atoms with Crippen molar-refractivity contribution in [2.75, 3.05) is 0 Å². The highest BCUT2D eigenvalue weighted by Crippen LogP contribution is 2.20. The molecule has 4 nitrogen and oxygen atoms in total. The summed E-state index contributed by atoms with van der Waals surface area (Å²) in [5, 5.41) is 1.23. The van der Waals surface area contributed by atoms with Crippen LogP contribution in [0.4, 0.5) is 0 Å². The number of nitrogens with two attached hydrogens (primary N) is 1. The minimum Gasteiger partial charge on any atom is -0.369 e. The van der Waals surface area contributed by atoms with E-state index in [-0.39, 0.29) is 11.9 Å². The van der Waals surface area contributed by atoms with Crippen LogP contribution in [0.3, 0.4) is 0 Å². The predicted octanol–water partition coefficient (Wildman–Crippen LogP) is 1.39. The number of primary amides is 1. The van der Waals surface area contributed by atoms with E-state index >= 15 is 0 Å². The quantitative estimate of drug-likeness (QED) is 0.706. The van der Waals surface area contributed by atoms with Gasteiger partial charge >= 0.3 is 0 Å². The lowest BCUT2D eigenvalue weighted by Gasteiger charge is -2.15. The summed E-state index contributed by atoms with van der Waals surface area (Å²) in [6.07, 6.45) is 6.67. The largest absolute Gasteiger partial charge is 0.369 e. The topological polar surface area (TPSA) is 86.5 Å². The molecule has 106 valence electrons. The van der Waals surface area contributed by atoms with Crippen LogP contribution in [-0.4, -0.2) is 16.9 Å². The minimum absolute atomic E-state index is 0.104. The van der Waals surface area contributed by atoms with E-state index < -0.39 is 5.41 Å². The molecule has 1 aromatic carbocycles. The lowest BCUT2D eigenvalue weighted by molar-refractivity contribution is -0.402. The Morgan fingerprint density at radius 1 is 1.45 bits per heavy atom. The van der Waals surface area contributed by atoms with Crippen molar-refractivity contribution in [2.24, 2.45) is 11.1 Å². The van der Waals surface area contributed by atoms with Gasteiger partial charge in [-0.1, -0.05) is 24.3 Å². The van der Waals surface area contributed by atoms with Gasteiger partial charge in [0.15, 0.2) is 0 Å². The number of hydrogen-bond acceptors (Lipinski definition) is 1. The first-order valence-corrected chi connectivity index (χ1v) is 6.77. The first-order valence-electron chi connectivity index (χ1n) is 6.77. The van der Waals surface area contributed by atoms with Crippen LogP contribution in [-0.2, 0) is 11.2 Å². The van der Waals surface area contributed by atoms with E-state index in [1.807, 2.05) is 44.3 Å². The Balaban J connectivity index is 2.10. The number of aromatic amines is 1. The van der Waals surface area contributed by atoms with Crippen LogP contribution in [0, 0.1) is 5.41 Å². The molecule has 4 heteroatoms. The Hall–Kier alpha value is -2.07. The maximum atomic E-state index is 11.3. The molecule has 0 aliphatic carbocycles. The number of benzene rings is 1. The Labute approximate surface area is 118 Å². The van der Waals surface area contributed by atoms with Crippen molar-refractivity contribution in [3.8, 4) is 0 Å². The van der Waals surface area contributed by atoms with Gasteiger partial charge in [-0.2, -0.15) is 0 Å². The van der Waals surface area contributed by atoms with E-state index in [1.165, 1.54) is 10.9 Å². The smallest absolute Gasteiger partial charge is 0.226 e. The third-order valence-electron chi connectivity index (χ3n) is 3.58. The van der Waals surface area contributed by atoms with E-state index in [9.17, 15) is 4.79 Å². The zero-order valence-electron chi connectivity index (χ0n) is 12.0. The molecule has 0 bridgehead atoms. The Morgan fingerprint density at radius 3 is 2.85 bits per heavy atom. The maximum Gasteiger partial charge on any atom is 0.226 e. The van der Waals surface area contributed by atoms with Crippen LogP contribution in [0.5, 0.6) is 0 Å². The summed E-state index contributed by atoms with van der Waals surface area (Å²) in [6.45, 7) is 3.62. The summed E-state index contributed by atoms with van der Waals surface area (Å²) in [5.74, 6) is -0.326. The first-order chi connectivity index (χ1) is 9.40. The van der Waals surface area contributed by atoms with Gasteiger partial charge in [0, 0.05) is 23.5 Å². The van der Waals surface area contributed by atoms with Crippen LogP contribution < -0.4 is 11.5 Å². The van der Waals surface area contributed by atoms with Gasteiger partial charge in [-0.25, -0.2) is 0 Å². The monoisotopic (exact) mass is 272 g/mol. The molecule has 0 aliphatic heterocycles. The minimum atomic E-state index is -0.629. The van der Waals surface area contributed by atoms with Gasteiger partial charge in [0.05, 0.1) is 5.41 Å². The zero-order chi connectivity index (χ0) is 14.8. The van der Waals surface area contributed by atoms with Crippen molar-refractivity contribution < 1.29 is 10.5 Å². The number of aromatic nitrogens is 1. The second-order valence-corrected chi connectivity index (χ2v) is 5.77. The van der Waals surface area contributed by atoms with E-state index in [0.29, 0.717) is 0 Å². The van der Waals surface area contributed by atoms with Crippen LogP contribution >= 0.6 is 0 Å². The third kappa shape index (κ3) is 3.08. The molecule has 0 fully saturated rings. The molecule has 0 unspecified atom stereocenters. The number of rotatable bonds is 5. The summed E-state index contributed by atoms with van der Waals surface area (Å²) in [4.78, 5) is 14.5. The van der Waals surface area contributed by atoms with E-state index in [2.05, 4.69) is 22.9 Å². The van der Waals surface area contributed by atoms with Gasteiger partial charge in [0.1, 0.15) is 6.04 Å². The van der Waals surface area contributed by atoms with Crippen molar-refractivity contribution in [1.82, 2.24) is 4.98 Å². The molecule has 0 saturated carbocycles. The Kier molecular flexibility index (Phi) is 3.95. The number of carbonyl (C=O) groups is 1. The molecule has 0 spiro atoms. The SMILES string of the molecule is CC(C)(/C=C/[C@H]([NH3+])Cc1c[nH]c2ccccc12)C(N)=O. The molecule has 1 amide bonds. The van der Waals surface area contributed by atoms with Crippen LogP contribution in [0.2, 0.25) is 0 Å². The lowest BCUT2D eigenvalue weighted by Crippen LogP contribution is -2.61.